The third-order valence-corrected chi connectivity index (χ3v) is 5.61. The molecule has 4 aromatic rings. The zero-order valence-electron chi connectivity index (χ0n) is 14.4. The van der Waals surface area contributed by atoms with Gasteiger partial charge in [-0.15, -0.1) is 8.78 Å². The monoisotopic (exact) mass is 385 g/mol. The molecule has 1 heterocycles. The van der Waals surface area contributed by atoms with E-state index in [0.717, 1.165) is 11.1 Å². The van der Waals surface area contributed by atoms with Gasteiger partial charge in [0.15, 0.2) is 0 Å². The van der Waals surface area contributed by atoms with E-state index in [2.05, 4.69) is 0 Å². The van der Waals surface area contributed by atoms with Crippen LogP contribution in [-0.2, 0) is 10.2 Å². The van der Waals surface area contributed by atoms with Crippen LogP contribution in [0.15, 0.2) is 71.1 Å². The molecule has 4 rings (SSSR count). The quantitative estimate of drug-likeness (QED) is 0.407. The molecule has 27 heavy (non-hydrogen) atoms. The van der Waals surface area contributed by atoms with Crippen LogP contribution < -0.4 is 0 Å². The Morgan fingerprint density at radius 1 is 1.00 bits per heavy atom. The van der Waals surface area contributed by atoms with E-state index in [9.17, 15) is 18.2 Å². The zero-order valence-corrected chi connectivity index (χ0v) is 15.3. The average molecular weight is 385 g/mol. The lowest BCUT2D eigenvalue weighted by Gasteiger charge is -2.14. The molecule has 0 fully saturated rings. The molecule has 0 radical (unpaired) electrons. The van der Waals surface area contributed by atoms with Crippen molar-refractivity contribution in [3.8, 4) is 0 Å². The summed E-state index contributed by atoms with van der Waals surface area (Å²) < 4.78 is 46.3. The highest BCUT2D eigenvalue weighted by atomic mass is 31.1. The zero-order chi connectivity index (χ0) is 19.2. The highest BCUT2D eigenvalue weighted by Crippen LogP contribution is 2.52. The molecule has 6 heteroatoms. The molecule has 1 N–H and O–H groups in total. The number of alkyl halides is 2. The fourth-order valence-corrected chi connectivity index (χ4v) is 3.86. The van der Waals surface area contributed by atoms with Gasteiger partial charge in [0.05, 0.1) is 5.56 Å². The van der Waals surface area contributed by atoms with Crippen molar-refractivity contribution in [2.24, 2.45) is 0 Å². The molecule has 3 nitrogen and oxygen atoms in total. The molecule has 0 aliphatic rings. The Hall–Kier alpha value is -2.62. The van der Waals surface area contributed by atoms with E-state index >= 15 is 0 Å². The molecule has 0 saturated heterocycles. The molecule has 0 aliphatic carbocycles. The first-order valence-corrected chi connectivity index (χ1v) is 9.66. The van der Waals surface area contributed by atoms with Crippen LogP contribution in [-0.4, -0.2) is 4.89 Å². The number of benzene rings is 3. The van der Waals surface area contributed by atoms with Gasteiger partial charge < -0.3 is 4.42 Å². The summed E-state index contributed by atoms with van der Waals surface area (Å²) in [5, 5.41) is 0.689. The number of para-hydroxylation sites is 1. The topological polar surface area (TPSA) is 50.4 Å². The largest absolute Gasteiger partial charge is 0.589 e. The van der Waals surface area contributed by atoms with Gasteiger partial charge in [-0.1, -0.05) is 61.5 Å². The second-order valence-corrected chi connectivity index (χ2v) is 7.56. The predicted octanol–water partition coefficient (Wildman–Crippen LogP) is 6.52. The Morgan fingerprint density at radius 3 is 2.37 bits per heavy atom. The maximum Gasteiger partial charge on any atom is 0.589 e. The first-order chi connectivity index (χ1) is 12.9. The van der Waals surface area contributed by atoms with Crippen molar-refractivity contribution < 1.29 is 22.7 Å². The molecule has 0 saturated carbocycles. The van der Waals surface area contributed by atoms with Gasteiger partial charge in [0.1, 0.15) is 11.2 Å². The number of fused-ring (bicyclic) bond motifs is 3. The van der Waals surface area contributed by atoms with Crippen molar-refractivity contribution >= 4 is 30.0 Å². The number of hydrogen-bond donors (Lipinski definition) is 1. The van der Waals surface area contributed by atoms with E-state index in [1.54, 1.807) is 30.3 Å². The fourth-order valence-electron chi connectivity index (χ4n) is 3.46. The minimum absolute atomic E-state index is 0.0974. The van der Waals surface area contributed by atoms with Crippen LogP contribution in [0, 0.1) is 0 Å². The lowest BCUT2D eigenvalue weighted by atomic mass is 9.90. The van der Waals surface area contributed by atoms with Crippen LogP contribution in [0.1, 0.15) is 29.5 Å². The summed E-state index contributed by atoms with van der Waals surface area (Å²) in [6.45, 7) is 1.97. The van der Waals surface area contributed by atoms with Gasteiger partial charge >= 0.3 is 13.7 Å². The summed E-state index contributed by atoms with van der Waals surface area (Å²) in [5.41, 5.74) is -1.80. The Kier molecular flexibility index (Phi) is 4.29. The van der Waals surface area contributed by atoms with E-state index in [1.165, 1.54) is 6.07 Å². The highest BCUT2D eigenvalue weighted by Gasteiger charge is 2.55. The molecule has 0 amide bonds. The molecular formula is C21H16F2O3P+. The second kappa shape index (κ2) is 6.52. The lowest BCUT2D eigenvalue weighted by molar-refractivity contribution is 0.0831. The van der Waals surface area contributed by atoms with E-state index in [0.29, 0.717) is 16.6 Å². The molecule has 136 valence electrons. The summed E-state index contributed by atoms with van der Waals surface area (Å²) in [4.78, 5) is 9.19. The molecule has 0 aliphatic heterocycles. The first-order valence-electron chi connectivity index (χ1n) is 8.45. The predicted molar refractivity (Wildman–Crippen MR) is 101 cm³/mol. The number of rotatable bonds is 4. The summed E-state index contributed by atoms with van der Waals surface area (Å²) in [7, 11) is -3.72. The molecule has 0 spiro atoms. The Labute approximate surface area is 155 Å². The normalized spacial score (nSPS) is 13.9. The van der Waals surface area contributed by atoms with Crippen molar-refractivity contribution in [2.75, 3.05) is 0 Å². The maximum atomic E-state index is 14.5. The smallest absolute Gasteiger partial charge is 0.456 e. The van der Waals surface area contributed by atoms with Gasteiger partial charge in [0.25, 0.3) is 0 Å². The summed E-state index contributed by atoms with van der Waals surface area (Å²) in [5.74, 6) is -0.0974. The molecule has 3 aromatic carbocycles. The van der Waals surface area contributed by atoms with Crippen molar-refractivity contribution in [1.82, 2.24) is 0 Å². The number of halogens is 2. The van der Waals surface area contributed by atoms with Crippen LogP contribution in [0.4, 0.5) is 8.78 Å². The van der Waals surface area contributed by atoms with Gasteiger partial charge in [-0.2, -0.15) is 4.89 Å². The fraction of sp³-hybridized carbons (Fsp3) is 0.143. The van der Waals surface area contributed by atoms with E-state index in [-0.39, 0.29) is 11.3 Å². The lowest BCUT2D eigenvalue weighted by Crippen LogP contribution is -2.09. The van der Waals surface area contributed by atoms with Gasteiger partial charge in [-0.05, 0) is 22.3 Å². The molecule has 2 unspecified atom stereocenters. The van der Waals surface area contributed by atoms with Crippen LogP contribution in [0.3, 0.4) is 0 Å². The highest BCUT2D eigenvalue weighted by molar-refractivity contribution is 7.39. The third-order valence-electron chi connectivity index (χ3n) is 4.89. The van der Waals surface area contributed by atoms with Crippen LogP contribution in [0.25, 0.3) is 21.9 Å². The van der Waals surface area contributed by atoms with Crippen LogP contribution in [0.2, 0.25) is 0 Å². The molecule has 0 bridgehead atoms. The van der Waals surface area contributed by atoms with Crippen molar-refractivity contribution in [3.63, 3.8) is 0 Å². The van der Waals surface area contributed by atoms with Crippen molar-refractivity contribution in [1.29, 1.82) is 0 Å². The first kappa shape index (κ1) is 17.8. The van der Waals surface area contributed by atoms with Gasteiger partial charge in [0.2, 0.25) is 0 Å². The summed E-state index contributed by atoms with van der Waals surface area (Å²) in [6.07, 6.45) is 0. The molecular weight excluding hydrogens is 369 g/mol. The van der Waals surface area contributed by atoms with E-state index in [4.69, 9.17) is 4.42 Å². The van der Waals surface area contributed by atoms with Crippen LogP contribution in [0.5, 0.6) is 0 Å². The maximum absolute atomic E-state index is 14.5. The molecule has 2 atom stereocenters. The van der Waals surface area contributed by atoms with Crippen molar-refractivity contribution in [3.05, 3.63) is 83.4 Å². The van der Waals surface area contributed by atoms with Gasteiger partial charge in [0, 0.05) is 22.3 Å². The SMILES string of the molecule is CC(c1ccccc1)c1ccc(C(F)(F)[P+](=O)O)c2c1oc1ccccc12. The minimum Gasteiger partial charge on any atom is -0.456 e. The van der Waals surface area contributed by atoms with E-state index in [1.807, 2.05) is 37.3 Å². The minimum atomic E-state index is -3.87. The van der Waals surface area contributed by atoms with Crippen molar-refractivity contribution in [2.45, 2.75) is 18.5 Å². The Bertz CT molecular complexity index is 1150. The second-order valence-electron chi connectivity index (χ2n) is 6.45. The average Bonchev–Trinajstić information content (AvgIpc) is 3.06. The van der Waals surface area contributed by atoms with E-state index < -0.39 is 19.3 Å². The molecule has 1 aromatic heterocycles. The number of hydrogen-bond acceptors (Lipinski definition) is 2. The number of furan rings is 1. The Balaban J connectivity index is 2.05. The van der Waals surface area contributed by atoms with Gasteiger partial charge in [-0.25, -0.2) is 0 Å². The summed E-state index contributed by atoms with van der Waals surface area (Å²) >= 11 is 0. The van der Waals surface area contributed by atoms with Crippen LogP contribution >= 0.6 is 8.03 Å². The third kappa shape index (κ3) is 2.84. The Morgan fingerprint density at radius 2 is 1.67 bits per heavy atom. The standard InChI is InChI=1S/C21H15F2O3P/c1-13(14-7-3-2-4-8-14)15-11-12-17(21(22,23)27(24)25)19-16-9-5-6-10-18(16)26-20(15)19/h2-13H,1H3/p+1. The summed E-state index contributed by atoms with van der Waals surface area (Å²) in [6, 6.07) is 19.3. The van der Waals surface area contributed by atoms with Gasteiger partial charge in [-0.3, -0.25) is 0 Å².